The van der Waals surface area contributed by atoms with Crippen LogP contribution in [0.3, 0.4) is 0 Å². The van der Waals surface area contributed by atoms with E-state index in [1.165, 1.54) is 19.3 Å². The highest BCUT2D eigenvalue weighted by molar-refractivity contribution is 5.75. The fourth-order valence-electron chi connectivity index (χ4n) is 2.03. The summed E-state index contributed by atoms with van der Waals surface area (Å²) in [6, 6.07) is 4.77. The molecule has 0 bridgehead atoms. The SMILES string of the molecule is CC(O)(CNC(=O)Cn1cccc(C(F)(F)F)c1=O)c1ccco1. The summed E-state index contributed by atoms with van der Waals surface area (Å²) in [5.41, 5.74) is -4.14. The van der Waals surface area contributed by atoms with Crippen molar-refractivity contribution in [2.24, 2.45) is 0 Å². The van der Waals surface area contributed by atoms with Crippen molar-refractivity contribution in [2.75, 3.05) is 6.54 Å². The Morgan fingerprint density at radius 2 is 2.04 bits per heavy atom. The summed E-state index contributed by atoms with van der Waals surface area (Å²) in [4.78, 5) is 23.6. The van der Waals surface area contributed by atoms with Crippen molar-refractivity contribution in [3.8, 4) is 0 Å². The number of rotatable bonds is 5. The summed E-state index contributed by atoms with van der Waals surface area (Å²) in [5.74, 6) is -0.498. The molecule has 1 unspecified atom stereocenters. The molecule has 2 aromatic heterocycles. The number of halogens is 3. The van der Waals surface area contributed by atoms with E-state index in [4.69, 9.17) is 4.42 Å². The number of alkyl halides is 3. The van der Waals surface area contributed by atoms with Crippen LogP contribution < -0.4 is 10.9 Å². The van der Waals surface area contributed by atoms with Crippen LogP contribution in [0.25, 0.3) is 0 Å². The molecule has 0 spiro atoms. The van der Waals surface area contributed by atoms with E-state index >= 15 is 0 Å². The number of carbonyl (C=O) groups excluding carboxylic acids is 1. The molecule has 2 rings (SSSR count). The third kappa shape index (κ3) is 4.05. The van der Waals surface area contributed by atoms with E-state index in [1.54, 1.807) is 6.07 Å². The maximum absolute atomic E-state index is 12.7. The van der Waals surface area contributed by atoms with Crippen molar-refractivity contribution in [1.82, 2.24) is 9.88 Å². The summed E-state index contributed by atoms with van der Waals surface area (Å²) < 4.78 is 43.7. The fourth-order valence-corrected chi connectivity index (χ4v) is 2.03. The number of carbonyl (C=O) groups is 1. The van der Waals surface area contributed by atoms with Crippen LogP contribution in [-0.4, -0.2) is 22.1 Å². The topological polar surface area (TPSA) is 84.5 Å². The molecule has 0 aliphatic heterocycles. The van der Waals surface area contributed by atoms with Gasteiger partial charge in [-0.15, -0.1) is 0 Å². The zero-order chi connectivity index (χ0) is 18.0. The third-order valence-electron chi connectivity index (χ3n) is 3.32. The van der Waals surface area contributed by atoms with Gasteiger partial charge in [-0.2, -0.15) is 13.2 Å². The van der Waals surface area contributed by atoms with E-state index in [-0.39, 0.29) is 12.3 Å². The van der Waals surface area contributed by atoms with Gasteiger partial charge in [-0.3, -0.25) is 9.59 Å². The van der Waals surface area contributed by atoms with Gasteiger partial charge < -0.3 is 19.4 Å². The molecule has 2 heterocycles. The monoisotopic (exact) mass is 344 g/mol. The Morgan fingerprint density at radius 1 is 1.33 bits per heavy atom. The Kier molecular flexibility index (Phi) is 4.83. The number of hydrogen-bond acceptors (Lipinski definition) is 4. The Balaban J connectivity index is 2.05. The molecule has 24 heavy (non-hydrogen) atoms. The van der Waals surface area contributed by atoms with E-state index in [9.17, 15) is 27.9 Å². The van der Waals surface area contributed by atoms with Crippen molar-refractivity contribution in [1.29, 1.82) is 0 Å². The lowest BCUT2D eigenvalue weighted by molar-refractivity contribution is -0.139. The summed E-state index contributed by atoms with van der Waals surface area (Å²) >= 11 is 0. The van der Waals surface area contributed by atoms with E-state index in [2.05, 4.69) is 5.32 Å². The smallest absolute Gasteiger partial charge is 0.421 e. The van der Waals surface area contributed by atoms with Gasteiger partial charge >= 0.3 is 6.18 Å². The van der Waals surface area contributed by atoms with Crippen LogP contribution in [0.4, 0.5) is 13.2 Å². The lowest BCUT2D eigenvalue weighted by atomic mass is 10.0. The van der Waals surface area contributed by atoms with E-state index < -0.39 is 35.4 Å². The lowest BCUT2D eigenvalue weighted by Crippen LogP contribution is -2.41. The normalized spacial score (nSPS) is 14.2. The van der Waals surface area contributed by atoms with Crippen molar-refractivity contribution in [3.63, 3.8) is 0 Å². The van der Waals surface area contributed by atoms with Gasteiger partial charge in [0, 0.05) is 6.20 Å². The quantitative estimate of drug-likeness (QED) is 0.861. The number of furan rings is 1. The summed E-state index contributed by atoms with van der Waals surface area (Å²) in [6.45, 7) is 0.576. The number of aromatic nitrogens is 1. The Bertz CT molecular complexity index is 764. The first-order valence-corrected chi connectivity index (χ1v) is 6.91. The van der Waals surface area contributed by atoms with Gasteiger partial charge in [-0.1, -0.05) is 0 Å². The maximum atomic E-state index is 12.7. The van der Waals surface area contributed by atoms with Crippen LogP contribution in [0.1, 0.15) is 18.2 Å². The highest BCUT2D eigenvalue weighted by atomic mass is 19.4. The second kappa shape index (κ2) is 6.52. The average Bonchev–Trinajstić information content (AvgIpc) is 3.01. The molecule has 0 saturated heterocycles. The second-order valence-corrected chi connectivity index (χ2v) is 5.38. The molecule has 0 saturated carbocycles. The molecule has 2 N–H and O–H groups in total. The summed E-state index contributed by atoms with van der Waals surface area (Å²) in [6.07, 6.45) is -2.35. The number of hydrogen-bond donors (Lipinski definition) is 2. The van der Waals surface area contributed by atoms with Crippen LogP contribution in [0.15, 0.2) is 45.9 Å². The van der Waals surface area contributed by atoms with Gasteiger partial charge in [0.2, 0.25) is 5.91 Å². The van der Waals surface area contributed by atoms with Crippen molar-refractivity contribution < 1.29 is 27.5 Å². The number of aliphatic hydroxyl groups is 1. The predicted octanol–water partition coefficient (Wildman–Crippen LogP) is 1.48. The standard InChI is InChI=1S/C15H15F3N2O4/c1-14(23,11-5-3-7-24-11)9-19-12(21)8-20-6-2-4-10(13(20)22)15(16,17)18/h2-7,23H,8-9H2,1H3,(H,19,21). The molecular formula is C15H15F3N2O4. The lowest BCUT2D eigenvalue weighted by Gasteiger charge is -2.21. The number of nitrogens with one attached hydrogen (secondary N) is 1. The molecule has 0 aromatic carbocycles. The van der Waals surface area contributed by atoms with E-state index in [1.807, 2.05) is 0 Å². The second-order valence-electron chi connectivity index (χ2n) is 5.38. The first-order chi connectivity index (χ1) is 11.1. The Hall–Kier alpha value is -2.55. The molecule has 0 aliphatic carbocycles. The van der Waals surface area contributed by atoms with Gasteiger partial charge in [0.05, 0.1) is 12.8 Å². The molecule has 0 fully saturated rings. The highest BCUT2D eigenvalue weighted by Crippen LogP contribution is 2.26. The van der Waals surface area contributed by atoms with Crippen LogP contribution in [-0.2, 0) is 23.1 Å². The zero-order valence-corrected chi connectivity index (χ0v) is 12.6. The first-order valence-electron chi connectivity index (χ1n) is 6.91. The highest BCUT2D eigenvalue weighted by Gasteiger charge is 2.34. The molecule has 1 amide bonds. The molecule has 6 nitrogen and oxygen atoms in total. The van der Waals surface area contributed by atoms with Gasteiger partial charge in [0.15, 0.2) is 0 Å². The van der Waals surface area contributed by atoms with Crippen LogP contribution in [0, 0.1) is 0 Å². The maximum Gasteiger partial charge on any atom is 0.421 e. The summed E-state index contributed by atoms with van der Waals surface area (Å²) in [5, 5.41) is 12.5. The molecule has 1 atom stereocenters. The van der Waals surface area contributed by atoms with Gasteiger partial charge in [-0.25, -0.2) is 0 Å². The number of pyridine rings is 1. The molecule has 9 heteroatoms. The zero-order valence-electron chi connectivity index (χ0n) is 12.6. The van der Waals surface area contributed by atoms with Gasteiger partial charge in [-0.05, 0) is 31.2 Å². The minimum Gasteiger partial charge on any atom is -0.466 e. The third-order valence-corrected chi connectivity index (χ3v) is 3.32. The van der Waals surface area contributed by atoms with E-state index in [0.717, 1.165) is 12.3 Å². The molecule has 130 valence electrons. The molecule has 0 aliphatic rings. The van der Waals surface area contributed by atoms with Crippen LogP contribution >= 0.6 is 0 Å². The minimum absolute atomic E-state index is 0.221. The van der Waals surface area contributed by atoms with Crippen molar-refractivity contribution in [3.05, 3.63) is 58.4 Å². The van der Waals surface area contributed by atoms with Crippen LogP contribution in [0.5, 0.6) is 0 Å². The van der Waals surface area contributed by atoms with Gasteiger partial charge in [0.25, 0.3) is 5.56 Å². The number of amides is 1. The average molecular weight is 344 g/mol. The largest absolute Gasteiger partial charge is 0.466 e. The van der Waals surface area contributed by atoms with Crippen molar-refractivity contribution >= 4 is 5.91 Å². The van der Waals surface area contributed by atoms with Gasteiger partial charge in [0.1, 0.15) is 23.5 Å². The van der Waals surface area contributed by atoms with Crippen LogP contribution in [0.2, 0.25) is 0 Å². The fraction of sp³-hybridized carbons (Fsp3) is 0.333. The first kappa shape index (κ1) is 17.8. The minimum atomic E-state index is -4.79. The van der Waals surface area contributed by atoms with E-state index in [0.29, 0.717) is 10.6 Å². The number of nitrogens with zero attached hydrogens (tertiary/aromatic N) is 1. The molecule has 2 aromatic rings. The van der Waals surface area contributed by atoms with Crippen molar-refractivity contribution in [2.45, 2.75) is 25.2 Å². The molecular weight excluding hydrogens is 329 g/mol. The Morgan fingerprint density at radius 3 is 2.62 bits per heavy atom. The predicted molar refractivity (Wildman–Crippen MR) is 77.0 cm³/mol. The molecule has 0 radical (unpaired) electrons. The summed E-state index contributed by atoms with van der Waals surface area (Å²) in [7, 11) is 0. The Labute approximate surface area is 134 Å².